The van der Waals surface area contributed by atoms with Gasteiger partial charge in [-0.2, -0.15) is 0 Å². The molecule has 0 radical (unpaired) electrons. The molecule has 1 aliphatic rings. The normalized spacial score (nSPS) is 28.1. The van der Waals surface area contributed by atoms with Gasteiger partial charge in [0.15, 0.2) is 0 Å². The van der Waals surface area contributed by atoms with Crippen LogP contribution >= 0.6 is 0 Å². The number of esters is 1. The van der Waals surface area contributed by atoms with Crippen molar-refractivity contribution in [2.45, 2.75) is 44.5 Å². The first kappa shape index (κ1) is 14.0. The Labute approximate surface area is 114 Å². The van der Waals surface area contributed by atoms with Crippen LogP contribution in [0.1, 0.15) is 25.3 Å². The summed E-state index contributed by atoms with van der Waals surface area (Å²) in [7, 11) is 1.40. The number of benzene rings is 1. The van der Waals surface area contributed by atoms with Gasteiger partial charge in [0.25, 0.3) is 0 Å². The van der Waals surface area contributed by atoms with Gasteiger partial charge in [0, 0.05) is 12.6 Å². The summed E-state index contributed by atoms with van der Waals surface area (Å²) >= 11 is 0. The Balaban J connectivity index is 2.16. The molecule has 1 fully saturated rings. The van der Waals surface area contributed by atoms with Gasteiger partial charge in [-0.15, -0.1) is 0 Å². The molecule has 19 heavy (non-hydrogen) atoms. The van der Waals surface area contributed by atoms with E-state index in [9.17, 15) is 9.90 Å². The van der Waals surface area contributed by atoms with Gasteiger partial charge in [-0.25, -0.2) is 0 Å². The zero-order valence-electron chi connectivity index (χ0n) is 11.5. The van der Waals surface area contributed by atoms with E-state index in [-0.39, 0.29) is 18.1 Å². The van der Waals surface area contributed by atoms with Crippen LogP contribution in [0.3, 0.4) is 0 Å². The third-order valence-electron chi connectivity index (χ3n) is 3.76. The summed E-state index contributed by atoms with van der Waals surface area (Å²) in [4.78, 5) is 14.0. The lowest BCUT2D eigenvalue weighted by Crippen LogP contribution is -2.52. The molecule has 0 aliphatic carbocycles. The number of nitrogens with zero attached hydrogens (tertiary/aromatic N) is 1. The number of carbonyl (C=O) groups is 1. The number of methoxy groups -OCH3 is 1. The zero-order valence-corrected chi connectivity index (χ0v) is 11.5. The molecule has 0 aromatic heterocycles. The van der Waals surface area contributed by atoms with Crippen LogP contribution in [-0.4, -0.2) is 41.3 Å². The number of hydrogen-bond donors (Lipinski definition) is 1. The second-order valence-electron chi connectivity index (χ2n) is 5.17. The maximum Gasteiger partial charge on any atom is 0.323 e. The van der Waals surface area contributed by atoms with Crippen LogP contribution in [0.15, 0.2) is 30.3 Å². The molecule has 0 saturated carbocycles. The Morgan fingerprint density at radius 1 is 1.37 bits per heavy atom. The standard InChI is InChI=1S/C15H21NO3/c1-11-8-13(17)9-14(15(18)19-2)16(11)10-12-6-4-3-5-7-12/h3-7,11,13-14,17H,8-10H2,1-2H3/t11-,13+,14+/m1/s1. The number of aliphatic hydroxyl groups excluding tert-OH is 1. The quantitative estimate of drug-likeness (QED) is 0.841. The van der Waals surface area contributed by atoms with Crippen LogP contribution in [0.5, 0.6) is 0 Å². The summed E-state index contributed by atoms with van der Waals surface area (Å²) < 4.78 is 4.86. The van der Waals surface area contributed by atoms with Crippen molar-refractivity contribution in [3.63, 3.8) is 0 Å². The molecule has 4 heteroatoms. The van der Waals surface area contributed by atoms with Gasteiger partial charge in [0.05, 0.1) is 13.2 Å². The third-order valence-corrected chi connectivity index (χ3v) is 3.76. The van der Waals surface area contributed by atoms with Crippen LogP contribution in [0.4, 0.5) is 0 Å². The largest absolute Gasteiger partial charge is 0.468 e. The van der Waals surface area contributed by atoms with Gasteiger partial charge in [-0.3, -0.25) is 9.69 Å². The molecule has 1 heterocycles. The SMILES string of the molecule is COC(=O)[C@@H]1C[C@@H](O)C[C@@H](C)N1Cc1ccccc1. The maximum atomic E-state index is 11.9. The topological polar surface area (TPSA) is 49.8 Å². The number of carbonyl (C=O) groups excluding carboxylic acids is 1. The van der Waals surface area contributed by atoms with Crippen LogP contribution in [0.2, 0.25) is 0 Å². The lowest BCUT2D eigenvalue weighted by atomic mass is 9.93. The Morgan fingerprint density at radius 2 is 2.05 bits per heavy atom. The fourth-order valence-electron chi connectivity index (χ4n) is 2.75. The fraction of sp³-hybridized carbons (Fsp3) is 0.533. The minimum Gasteiger partial charge on any atom is -0.468 e. The van der Waals surface area contributed by atoms with Gasteiger partial charge in [0.1, 0.15) is 6.04 Å². The number of piperidine rings is 1. The van der Waals surface area contributed by atoms with Crippen molar-refractivity contribution in [1.29, 1.82) is 0 Å². The van der Waals surface area contributed by atoms with E-state index in [0.29, 0.717) is 19.4 Å². The highest BCUT2D eigenvalue weighted by molar-refractivity contribution is 5.75. The lowest BCUT2D eigenvalue weighted by molar-refractivity contribution is -0.152. The van der Waals surface area contributed by atoms with Crippen LogP contribution in [0.25, 0.3) is 0 Å². The highest BCUT2D eigenvalue weighted by Crippen LogP contribution is 2.26. The molecule has 0 spiro atoms. The van der Waals surface area contributed by atoms with Crippen molar-refractivity contribution in [2.24, 2.45) is 0 Å². The smallest absolute Gasteiger partial charge is 0.323 e. The zero-order chi connectivity index (χ0) is 13.8. The molecule has 1 aromatic carbocycles. The molecule has 1 aliphatic heterocycles. The van der Waals surface area contributed by atoms with E-state index in [2.05, 4.69) is 4.90 Å². The van der Waals surface area contributed by atoms with E-state index in [4.69, 9.17) is 4.74 Å². The first-order valence-electron chi connectivity index (χ1n) is 6.67. The Hall–Kier alpha value is -1.39. The van der Waals surface area contributed by atoms with Crippen LogP contribution in [-0.2, 0) is 16.1 Å². The van der Waals surface area contributed by atoms with Crippen molar-refractivity contribution in [2.75, 3.05) is 7.11 Å². The number of rotatable bonds is 3. The Kier molecular flexibility index (Phi) is 4.56. The highest BCUT2D eigenvalue weighted by Gasteiger charge is 2.37. The Bertz CT molecular complexity index is 421. The first-order chi connectivity index (χ1) is 9.11. The van der Waals surface area contributed by atoms with Gasteiger partial charge in [0.2, 0.25) is 0 Å². The summed E-state index contributed by atoms with van der Waals surface area (Å²) in [5.74, 6) is -0.262. The van der Waals surface area contributed by atoms with Crippen molar-refractivity contribution in [3.05, 3.63) is 35.9 Å². The van der Waals surface area contributed by atoms with E-state index < -0.39 is 6.10 Å². The number of aliphatic hydroxyl groups is 1. The molecular formula is C15H21NO3. The molecule has 1 aromatic rings. The number of ether oxygens (including phenoxy) is 1. The lowest BCUT2D eigenvalue weighted by Gasteiger charge is -2.41. The van der Waals surface area contributed by atoms with Gasteiger partial charge < -0.3 is 9.84 Å². The van der Waals surface area contributed by atoms with E-state index in [1.165, 1.54) is 12.7 Å². The van der Waals surface area contributed by atoms with Crippen LogP contribution in [0, 0.1) is 0 Å². The molecule has 0 unspecified atom stereocenters. The molecule has 1 N–H and O–H groups in total. The summed E-state index contributed by atoms with van der Waals surface area (Å²) in [6.45, 7) is 2.75. The second-order valence-corrected chi connectivity index (χ2v) is 5.17. The van der Waals surface area contributed by atoms with Crippen LogP contribution < -0.4 is 0 Å². The molecule has 1 saturated heterocycles. The summed E-state index contributed by atoms with van der Waals surface area (Å²) in [5, 5.41) is 9.84. The predicted octanol–water partition coefficient (Wildman–Crippen LogP) is 1.57. The van der Waals surface area contributed by atoms with Crippen molar-refractivity contribution in [3.8, 4) is 0 Å². The predicted molar refractivity (Wildman–Crippen MR) is 72.5 cm³/mol. The van der Waals surface area contributed by atoms with Gasteiger partial charge >= 0.3 is 5.97 Å². The number of likely N-dealkylation sites (tertiary alicyclic amines) is 1. The first-order valence-corrected chi connectivity index (χ1v) is 6.67. The fourth-order valence-corrected chi connectivity index (χ4v) is 2.75. The summed E-state index contributed by atoms with van der Waals surface area (Å²) in [6.07, 6.45) is 0.718. The van der Waals surface area contributed by atoms with E-state index in [0.717, 1.165) is 0 Å². The van der Waals surface area contributed by atoms with Crippen molar-refractivity contribution in [1.82, 2.24) is 4.90 Å². The van der Waals surface area contributed by atoms with E-state index in [1.54, 1.807) is 0 Å². The maximum absolute atomic E-state index is 11.9. The molecule has 3 atom stereocenters. The molecule has 0 amide bonds. The van der Waals surface area contributed by atoms with Gasteiger partial charge in [-0.1, -0.05) is 30.3 Å². The average molecular weight is 263 g/mol. The minimum absolute atomic E-state index is 0.160. The average Bonchev–Trinajstić information content (AvgIpc) is 2.42. The second kappa shape index (κ2) is 6.17. The summed E-state index contributed by atoms with van der Waals surface area (Å²) in [5.41, 5.74) is 1.17. The minimum atomic E-state index is -0.425. The Morgan fingerprint density at radius 3 is 2.68 bits per heavy atom. The van der Waals surface area contributed by atoms with E-state index in [1.807, 2.05) is 37.3 Å². The monoisotopic (exact) mass is 263 g/mol. The molecule has 4 nitrogen and oxygen atoms in total. The third kappa shape index (κ3) is 3.33. The molecule has 0 bridgehead atoms. The summed E-state index contributed by atoms with van der Waals surface area (Å²) in [6, 6.07) is 9.86. The van der Waals surface area contributed by atoms with E-state index >= 15 is 0 Å². The van der Waals surface area contributed by atoms with Crippen molar-refractivity contribution < 1.29 is 14.6 Å². The molecule has 2 rings (SSSR count). The molecular weight excluding hydrogens is 242 g/mol. The number of hydrogen-bond acceptors (Lipinski definition) is 4. The van der Waals surface area contributed by atoms with Crippen molar-refractivity contribution >= 4 is 5.97 Å². The highest BCUT2D eigenvalue weighted by atomic mass is 16.5. The molecule has 104 valence electrons. The van der Waals surface area contributed by atoms with Gasteiger partial charge in [-0.05, 0) is 25.3 Å².